The average molecular weight is 279 g/mol. The van der Waals surface area contributed by atoms with Gasteiger partial charge in [0.2, 0.25) is 0 Å². The van der Waals surface area contributed by atoms with Gasteiger partial charge in [-0.2, -0.15) is 0 Å². The first-order valence-corrected chi connectivity index (χ1v) is 7.17. The number of para-hydroxylation sites is 1. The van der Waals surface area contributed by atoms with Crippen molar-refractivity contribution in [3.8, 4) is 0 Å². The number of benzene rings is 1. The maximum absolute atomic E-state index is 13.7. The Morgan fingerprint density at radius 2 is 1.95 bits per heavy atom. The fraction of sp³-hybridized carbons (Fsp3) is 0.533. The molecular weight excluding hydrogens is 257 g/mol. The Labute approximate surface area is 119 Å². The molecule has 1 saturated carbocycles. The predicted octanol–water partition coefficient (Wildman–Crippen LogP) is 2.91. The molecule has 1 aliphatic carbocycles. The van der Waals surface area contributed by atoms with E-state index in [1.807, 2.05) is 0 Å². The van der Waals surface area contributed by atoms with Crippen molar-refractivity contribution >= 4 is 11.6 Å². The van der Waals surface area contributed by atoms with Gasteiger partial charge in [0.15, 0.2) is 0 Å². The molecule has 0 bridgehead atoms. The summed E-state index contributed by atoms with van der Waals surface area (Å²) in [6.45, 7) is 0. The van der Waals surface area contributed by atoms with Gasteiger partial charge in [0, 0.05) is 13.1 Å². The number of halogens is 1. The van der Waals surface area contributed by atoms with Crippen LogP contribution in [0.5, 0.6) is 0 Å². The second-order valence-corrected chi connectivity index (χ2v) is 5.37. The number of amides is 1. The van der Waals surface area contributed by atoms with Gasteiger partial charge in [-0.15, -0.1) is 0 Å². The highest BCUT2D eigenvalue weighted by Gasteiger charge is 2.24. The summed E-state index contributed by atoms with van der Waals surface area (Å²) >= 11 is 0. The van der Waals surface area contributed by atoms with Crippen LogP contribution >= 0.6 is 0 Å². The highest BCUT2D eigenvalue weighted by atomic mass is 19.1. The normalized spacial score (nSPS) is 16.6. The summed E-state index contributed by atoms with van der Waals surface area (Å²) in [6, 6.07) is 4.66. The van der Waals surface area contributed by atoms with Crippen LogP contribution in [0.3, 0.4) is 0 Å². The lowest BCUT2D eigenvalue weighted by Gasteiger charge is -2.28. The van der Waals surface area contributed by atoms with Crippen LogP contribution in [0.2, 0.25) is 0 Å². The molecule has 1 aromatic rings. The van der Waals surface area contributed by atoms with Crippen LogP contribution in [0.25, 0.3) is 0 Å². The number of carbonyl (C=O) groups excluding carboxylic acids is 1. The Morgan fingerprint density at radius 3 is 2.55 bits per heavy atom. The summed E-state index contributed by atoms with van der Waals surface area (Å²) < 4.78 is 13.7. The Hall–Kier alpha value is -1.62. The third-order valence-corrected chi connectivity index (χ3v) is 4.08. The fourth-order valence-corrected chi connectivity index (χ4v) is 2.85. The lowest BCUT2D eigenvalue weighted by atomic mass is 10.1. The summed E-state index contributed by atoms with van der Waals surface area (Å²) in [4.78, 5) is 14.3. The number of nitrogens with zero attached hydrogens (tertiary/aromatic N) is 1. The minimum absolute atomic E-state index is 0.0676. The molecular formula is C15H22FN3O. The monoisotopic (exact) mass is 279 g/mol. The largest absolute Gasteiger partial charge is 0.339 e. The number of nitrogens with two attached hydrogens (primary N) is 1. The molecule has 4 nitrogen and oxygen atoms in total. The number of hydrogen-bond acceptors (Lipinski definition) is 3. The molecule has 1 aromatic carbocycles. The van der Waals surface area contributed by atoms with Crippen molar-refractivity contribution in [2.24, 2.45) is 5.84 Å². The highest BCUT2D eigenvalue weighted by molar-refractivity contribution is 5.99. The lowest BCUT2D eigenvalue weighted by molar-refractivity contribution is 0.0718. The summed E-state index contributed by atoms with van der Waals surface area (Å²) in [5.41, 5.74) is 2.65. The van der Waals surface area contributed by atoms with Crippen molar-refractivity contribution < 1.29 is 9.18 Å². The van der Waals surface area contributed by atoms with Crippen molar-refractivity contribution in [3.05, 3.63) is 29.6 Å². The minimum Gasteiger partial charge on any atom is -0.339 e. The molecule has 0 unspecified atom stereocenters. The number of carbonyl (C=O) groups is 1. The number of rotatable bonds is 3. The summed E-state index contributed by atoms with van der Waals surface area (Å²) in [5, 5.41) is 0. The Morgan fingerprint density at radius 1 is 1.30 bits per heavy atom. The van der Waals surface area contributed by atoms with Gasteiger partial charge in [0.05, 0.1) is 11.3 Å². The molecule has 3 N–H and O–H groups in total. The number of hydrazine groups is 1. The zero-order chi connectivity index (χ0) is 14.5. The van der Waals surface area contributed by atoms with E-state index in [2.05, 4.69) is 5.43 Å². The zero-order valence-corrected chi connectivity index (χ0v) is 11.9. The van der Waals surface area contributed by atoms with Crippen LogP contribution in [0.4, 0.5) is 10.1 Å². The first-order valence-electron chi connectivity index (χ1n) is 7.17. The Bertz CT molecular complexity index is 470. The van der Waals surface area contributed by atoms with Crippen molar-refractivity contribution in [2.45, 2.75) is 44.6 Å². The van der Waals surface area contributed by atoms with E-state index >= 15 is 0 Å². The van der Waals surface area contributed by atoms with Crippen molar-refractivity contribution in [2.75, 3.05) is 12.5 Å². The maximum atomic E-state index is 13.7. The second-order valence-electron chi connectivity index (χ2n) is 5.37. The van der Waals surface area contributed by atoms with Gasteiger partial charge in [0.1, 0.15) is 5.82 Å². The number of nitrogens with one attached hydrogen (secondary N) is 1. The van der Waals surface area contributed by atoms with Crippen molar-refractivity contribution in [1.29, 1.82) is 0 Å². The Balaban J connectivity index is 2.19. The fourth-order valence-electron chi connectivity index (χ4n) is 2.85. The van der Waals surface area contributed by atoms with E-state index < -0.39 is 5.82 Å². The zero-order valence-electron chi connectivity index (χ0n) is 11.9. The van der Waals surface area contributed by atoms with E-state index in [0.29, 0.717) is 5.56 Å². The third kappa shape index (κ3) is 3.10. The number of nitrogen functional groups attached to an aromatic ring is 1. The summed E-state index contributed by atoms with van der Waals surface area (Å²) in [7, 11) is 1.80. The van der Waals surface area contributed by atoms with E-state index in [1.54, 1.807) is 18.0 Å². The number of anilines is 1. The molecule has 0 aliphatic heterocycles. The van der Waals surface area contributed by atoms with Gasteiger partial charge in [0.25, 0.3) is 5.91 Å². The van der Waals surface area contributed by atoms with Crippen LogP contribution in [0.15, 0.2) is 18.2 Å². The maximum Gasteiger partial charge on any atom is 0.256 e. The van der Waals surface area contributed by atoms with E-state index in [9.17, 15) is 9.18 Å². The highest BCUT2D eigenvalue weighted by Crippen LogP contribution is 2.25. The molecule has 0 atom stereocenters. The van der Waals surface area contributed by atoms with Gasteiger partial charge in [-0.05, 0) is 25.0 Å². The van der Waals surface area contributed by atoms with Gasteiger partial charge >= 0.3 is 0 Å². The molecule has 1 amide bonds. The van der Waals surface area contributed by atoms with Crippen molar-refractivity contribution in [3.63, 3.8) is 0 Å². The van der Waals surface area contributed by atoms with Gasteiger partial charge in [-0.3, -0.25) is 10.6 Å². The quantitative estimate of drug-likeness (QED) is 0.508. The first-order chi connectivity index (χ1) is 9.65. The average Bonchev–Trinajstić information content (AvgIpc) is 2.74. The third-order valence-electron chi connectivity index (χ3n) is 4.08. The molecule has 20 heavy (non-hydrogen) atoms. The van der Waals surface area contributed by atoms with Crippen LogP contribution in [0, 0.1) is 5.82 Å². The smallest absolute Gasteiger partial charge is 0.256 e. The topological polar surface area (TPSA) is 58.4 Å². The molecule has 0 radical (unpaired) electrons. The molecule has 1 fully saturated rings. The summed E-state index contributed by atoms with van der Waals surface area (Å²) in [5.74, 6) is 4.65. The summed E-state index contributed by atoms with van der Waals surface area (Å²) in [6.07, 6.45) is 6.79. The predicted molar refractivity (Wildman–Crippen MR) is 77.8 cm³/mol. The molecule has 110 valence electrons. The molecule has 5 heteroatoms. The van der Waals surface area contributed by atoms with Crippen molar-refractivity contribution in [1.82, 2.24) is 4.90 Å². The van der Waals surface area contributed by atoms with Crippen LogP contribution < -0.4 is 11.3 Å². The van der Waals surface area contributed by atoms with Gasteiger partial charge in [-0.25, -0.2) is 4.39 Å². The molecule has 0 aromatic heterocycles. The van der Waals surface area contributed by atoms with Gasteiger partial charge < -0.3 is 10.3 Å². The SMILES string of the molecule is CN(C(=O)c1cccc(F)c1NN)C1CCCCCC1. The molecule has 2 rings (SSSR count). The van der Waals surface area contributed by atoms with Crippen LogP contribution in [-0.4, -0.2) is 23.9 Å². The molecule has 0 spiro atoms. The molecule has 0 heterocycles. The van der Waals surface area contributed by atoms with E-state index in [-0.39, 0.29) is 17.6 Å². The lowest BCUT2D eigenvalue weighted by Crippen LogP contribution is -2.37. The van der Waals surface area contributed by atoms with E-state index in [1.165, 1.54) is 25.0 Å². The molecule has 0 saturated heterocycles. The van der Waals surface area contributed by atoms with E-state index in [0.717, 1.165) is 25.7 Å². The first kappa shape index (κ1) is 14.8. The molecule has 1 aliphatic rings. The minimum atomic E-state index is -0.507. The second kappa shape index (κ2) is 6.70. The van der Waals surface area contributed by atoms with E-state index in [4.69, 9.17) is 5.84 Å². The van der Waals surface area contributed by atoms with Crippen LogP contribution in [0.1, 0.15) is 48.9 Å². The van der Waals surface area contributed by atoms with Gasteiger partial charge in [-0.1, -0.05) is 31.7 Å². The standard InChI is InChI=1S/C15H22FN3O/c1-19(11-7-4-2-3-5-8-11)15(20)12-9-6-10-13(16)14(12)18-17/h6,9-11,18H,2-5,7-8,17H2,1H3. The van der Waals surface area contributed by atoms with Crippen LogP contribution in [-0.2, 0) is 0 Å². The number of hydrogen-bond donors (Lipinski definition) is 2. The Kier molecular flexibility index (Phi) is 4.95.